The smallest absolute Gasteiger partial charge is 0.179 e. The molecule has 0 radical (unpaired) electrons. The molecule has 2 aromatic heterocycles. The molecule has 0 fully saturated rings. The van der Waals surface area contributed by atoms with E-state index in [1.807, 2.05) is 6.92 Å². The minimum atomic E-state index is -3.27. The second-order valence-electron chi connectivity index (χ2n) is 3.82. The molecule has 5 nitrogen and oxygen atoms in total. The molecule has 0 bridgehead atoms. The molecule has 2 rings (SSSR count). The predicted molar refractivity (Wildman–Crippen MR) is 71.5 cm³/mol. The van der Waals surface area contributed by atoms with E-state index in [1.165, 1.54) is 6.26 Å². The fourth-order valence-corrected chi connectivity index (χ4v) is 3.02. The molecule has 18 heavy (non-hydrogen) atoms. The molecule has 0 atom stereocenters. The number of thiazole rings is 1. The van der Waals surface area contributed by atoms with Gasteiger partial charge >= 0.3 is 0 Å². The number of anilines is 1. The lowest BCUT2D eigenvalue weighted by Gasteiger charge is -2.07. The molecule has 0 spiro atoms. The average Bonchev–Trinajstić information content (AvgIpc) is 2.72. The molecule has 2 heterocycles. The summed E-state index contributed by atoms with van der Waals surface area (Å²) in [6.45, 7) is 2.45. The summed E-state index contributed by atoms with van der Waals surface area (Å²) in [6, 6.07) is 3.15. The molecular weight excluding hydrogens is 270 g/mol. The van der Waals surface area contributed by atoms with Crippen molar-refractivity contribution in [3.8, 4) is 0 Å². The third-order valence-corrected chi connectivity index (χ3v) is 4.31. The summed E-state index contributed by atoms with van der Waals surface area (Å²) >= 11 is 1.57. The van der Waals surface area contributed by atoms with E-state index in [-0.39, 0.29) is 4.90 Å². The molecule has 1 N–H and O–H groups in total. The maximum atomic E-state index is 11.6. The van der Waals surface area contributed by atoms with E-state index in [4.69, 9.17) is 0 Å². The highest BCUT2D eigenvalue weighted by Crippen LogP contribution is 2.19. The van der Waals surface area contributed by atoms with Crippen LogP contribution in [0.15, 0.2) is 29.4 Å². The lowest BCUT2D eigenvalue weighted by molar-refractivity contribution is 0.601. The van der Waals surface area contributed by atoms with Crippen molar-refractivity contribution in [1.29, 1.82) is 0 Å². The van der Waals surface area contributed by atoms with Crippen molar-refractivity contribution in [3.05, 3.63) is 34.4 Å². The molecule has 0 aromatic carbocycles. The first-order valence-electron chi connectivity index (χ1n) is 5.27. The molecule has 0 unspecified atom stereocenters. The standard InChI is InChI=1S/C11H13N3O2S2/c1-8-13-6-9(17-8)7-14-11-10(18(2,15)16)4-3-5-12-11/h3-6H,7H2,1-2H3,(H,12,14). The van der Waals surface area contributed by atoms with Crippen molar-refractivity contribution in [3.63, 3.8) is 0 Å². The molecule has 0 aliphatic rings. The molecular formula is C11H13N3O2S2. The lowest BCUT2D eigenvalue weighted by atomic mass is 10.4. The Morgan fingerprint density at radius 1 is 1.39 bits per heavy atom. The fraction of sp³-hybridized carbons (Fsp3) is 0.273. The average molecular weight is 283 g/mol. The predicted octanol–water partition coefficient (Wildman–Crippen LogP) is 1.86. The van der Waals surface area contributed by atoms with Crippen molar-refractivity contribution in [1.82, 2.24) is 9.97 Å². The maximum absolute atomic E-state index is 11.6. The molecule has 0 aliphatic carbocycles. The van der Waals surface area contributed by atoms with Gasteiger partial charge in [-0.15, -0.1) is 11.3 Å². The van der Waals surface area contributed by atoms with Crippen molar-refractivity contribution < 1.29 is 8.42 Å². The first-order valence-corrected chi connectivity index (χ1v) is 7.98. The van der Waals surface area contributed by atoms with Crippen molar-refractivity contribution >= 4 is 27.0 Å². The molecule has 96 valence electrons. The minimum absolute atomic E-state index is 0.214. The van der Waals surface area contributed by atoms with Gasteiger partial charge in [0.15, 0.2) is 9.84 Å². The zero-order valence-corrected chi connectivity index (χ0v) is 11.7. The summed E-state index contributed by atoms with van der Waals surface area (Å²) in [6.07, 6.45) is 4.51. The van der Waals surface area contributed by atoms with Crippen LogP contribution in [0.1, 0.15) is 9.88 Å². The van der Waals surface area contributed by atoms with Gasteiger partial charge in [0.1, 0.15) is 10.7 Å². The number of nitrogens with one attached hydrogen (secondary N) is 1. The number of rotatable bonds is 4. The maximum Gasteiger partial charge on any atom is 0.179 e. The zero-order valence-electron chi connectivity index (χ0n) is 10.0. The first-order chi connectivity index (χ1) is 8.47. The Balaban J connectivity index is 2.20. The zero-order chi connectivity index (χ0) is 13.2. The summed E-state index contributed by atoms with van der Waals surface area (Å²) in [4.78, 5) is 9.45. The summed E-state index contributed by atoms with van der Waals surface area (Å²) in [5.74, 6) is 0.381. The van der Waals surface area contributed by atoms with Crippen molar-refractivity contribution in [2.75, 3.05) is 11.6 Å². The van der Waals surface area contributed by atoms with Gasteiger partial charge in [0.05, 0.1) is 11.6 Å². The Kier molecular flexibility index (Phi) is 3.63. The summed E-state index contributed by atoms with van der Waals surface area (Å²) < 4.78 is 23.2. The Morgan fingerprint density at radius 3 is 2.78 bits per heavy atom. The van der Waals surface area contributed by atoms with Crippen molar-refractivity contribution in [2.24, 2.45) is 0 Å². The number of pyridine rings is 1. The number of sulfone groups is 1. The van der Waals surface area contributed by atoms with E-state index in [9.17, 15) is 8.42 Å². The number of aromatic nitrogens is 2. The largest absolute Gasteiger partial charge is 0.364 e. The van der Waals surface area contributed by atoms with Gasteiger partial charge in [-0.1, -0.05) is 0 Å². The quantitative estimate of drug-likeness (QED) is 0.927. The van der Waals surface area contributed by atoms with Crippen LogP contribution in [-0.4, -0.2) is 24.6 Å². The molecule has 2 aromatic rings. The van der Waals surface area contributed by atoms with Gasteiger partial charge in [0.25, 0.3) is 0 Å². The number of hydrogen-bond acceptors (Lipinski definition) is 6. The van der Waals surface area contributed by atoms with Crippen LogP contribution in [0.25, 0.3) is 0 Å². The van der Waals surface area contributed by atoms with Crippen LogP contribution in [-0.2, 0) is 16.4 Å². The van der Waals surface area contributed by atoms with E-state index in [2.05, 4.69) is 15.3 Å². The third-order valence-electron chi connectivity index (χ3n) is 2.27. The van der Waals surface area contributed by atoms with E-state index in [1.54, 1.807) is 35.9 Å². The highest BCUT2D eigenvalue weighted by atomic mass is 32.2. The molecule has 0 saturated carbocycles. The normalized spacial score (nSPS) is 11.4. The SMILES string of the molecule is Cc1ncc(CNc2ncccc2S(C)(=O)=O)s1. The monoisotopic (exact) mass is 283 g/mol. The number of hydrogen-bond donors (Lipinski definition) is 1. The molecule has 0 amide bonds. The Morgan fingerprint density at radius 2 is 2.17 bits per heavy atom. The second kappa shape index (κ2) is 5.03. The molecule has 0 saturated heterocycles. The number of nitrogens with zero attached hydrogens (tertiary/aromatic N) is 2. The van der Waals surface area contributed by atoms with Crippen LogP contribution in [0.2, 0.25) is 0 Å². The van der Waals surface area contributed by atoms with Crippen LogP contribution in [0.5, 0.6) is 0 Å². The van der Waals surface area contributed by atoms with Gasteiger partial charge in [-0.25, -0.2) is 18.4 Å². The van der Waals surface area contributed by atoms with Gasteiger partial charge in [0.2, 0.25) is 0 Å². The molecule has 7 heteroatoms. The Labute approximate surface area is 110 Å². The van der Waals surface area contributed by atoms with E-state index < -0.39 is 9.84 Å². The highest BCUT2D eigenvalue weighted by Gasteiger charge is 2.13. The molecule has 0 aliphatic heterocycles. The Hall–Kier alpha value is -1.47. The lowest BCUT2D eigenvalue weighted by Crippen LogP contribution is -2.07. The van der Waals surface area contributed by atoms with Gasteiger partial charge in [0, 0.05) is 23.5 Å². The van der Waals surface area contributed by atoms with Gasteiger partial charge in [-0.2, -0.15) is 0 Å². The van der Waals surface area contributed by atoms with E-state index in [0.717, 1.165) is 9.88 Å². The van der Waals surface area contributed by atoms with Gasteiger partial charge < -0.3 is 5.32 Å². The Bertz CT molecular complexity index is 650. The summed E-state index contributed by atoms with van der Waals surface area (Å²) in [7, 11) is -3.27. The van der Waals surface area contributed by atoms with E-state index in [0.29, 0.717) is 12.4 Å². The minimum Gasteiger partial charge on any atom is -0.364 e. The fourth-order valence-electron chi connectivity index (χ4n) is 1.48. The highest BCUT2D eigenvalue weighted by molar-refractivity contribution is 7.90. The van der Waals surface area contributed by atoms with Crippen LogP contribution < -0.4 is 5.32 Å². The van der Waals surface area contributed by atoms with Gasteiger partial charge in [-0.3, -0.25) is 0 Å². The topological polar surface area (TPSA) is 72.0 Å². The second-order valence-corrected chi connectivity index (χ2v) is 7.12. The van der Waals surface area contributed by atoms with E-state index >= 15 is 0 Å². The third kappa shape index (κ3) is 3.05. The van der Waals surface area contributed by atoms with Gasteiger partial charge in [-0.05, 0) is 19.1 Å². The van der Waals surface area contributed by atoms with Crippen LogP contribution in [0.4, 0.5) is 5.82 Å². The summed E-state index contributed by atoms with van der Waals surface area (Å²) in [5.41, 5.74) is 0. The summed E-state index contributed by atoms with van der Waals surface area (Å²) in [5, 5.41) is 4.01. The van der Waals surface area contributed by atoms with Crippen LogP contribution in [0.3, 0.4) is 0 Å². The van der Waals surface area contributed by atoms with Crippen LogP contribution in [0, 0.1) is 6.92 Å². The van der Waals surface area contributed by atoms with Crippen LogP contribution >= 0.6 is 11.3 Å². The number of aryl methyl sites for hydroxylation is 1. The van der Waals surface area contributed by atoms with Crippen molar-refractivity contribution in [2.45, 2.75) is 18.4 Å². The first kappa shape index (κ1) is 13.0.